The van der Waals surface area contributed by atoms with E-state index < -0.39 is 24.9 Å². The van der Waals surface area contributed by atoms with Gasteiger partial charge in [-0.2, -0.15) is 0 Å². The third-order valence-corrected chi connectivity index (χ3v) is 6.37. The molecule has 0 aliphatic heterocycles. The first kappa shape index (κ1) is 15.3. The summed E-state index contributed by atoms with van der Waals surface area (Å²) in [5.74, 6) is 0. The summed E-state index contributed by atoms with van der Waals surface area (Å²) in [6, 6.07) is -0.00517. The van der Waals surface area contributed by atoms with Gasteiger partial charge in [-0.3, -0.25) is 4.72 Å². The molecule has 7 nitrogen and oxygen atoms in total. The highest BCUT2D eigenvalue weighted by Gasteiger charge is 2.20. The number of hydrogen-bond donors (Lipinski definition) is 2. The largest absolute Gasteiger partial charge is 0.312 e. The van der Waals surface area contributed by atoms with Gasteiger partial charge in [0.25, 0.3) is 0 Å². The molecule has 1 atom stereocenters. The van der Waals surface area contributed by atoms with Crippen LogP contribution in [-0.4, -0.2) is 40.2 Å². The van der Waals surface area contributed by atoms with Crippen LogP contribution in [0, 0.1) is 0 Å². The average Bonchev–Trinajstić information content (AvgIpc) is 2.60. The quantitative estimate of drug-likeness (QED) is 0.775. The van der Waals surface area contributed by atoms with Crippen LogP contribution >= 0.6 is 11.3 Å². The lowest BCUT2D eigenvalue weighted by Gasteiger charge is -2.05. The van der Waals surface area contributed by atoms with Gasteiger partial charge >= 0.3 is 0 Å². The van der Waals surface area contributed by atoms with Crippen molar-refractivity contribution < 1.29 is 16.8 Å². The van der Waals surface area contributed by atoms with E-state index in [0.717, 1.165) is 17.6 Å². The molecule has 1 aromatic heterocycles. The van der Waals surface area contributed by atoms with Gasteiger partial charge in [-0.05, 0) is 14.0 Å². The lowest BCUT2D eigenvalue weighted by molar-refractivity contribution is 0.594. The average molecular weight is 313 g/mol. The molecule has 1 aromatic rings. The van der Waals surface area contributed by atoms with Gasteiger partial charge in [0.2, 0.25) is 10.0 Å². The number of aromatic nitrogens is 1. The molecule has 0 fully saturated rings. The van der Waals surface area contributed by atoms with E-state index in [1.807, 2.05) is 6.92 Å². The van der Waals surface area contributed by atoms with Gasteiger partial charge in [0.15, 0.2) is 20.1 Å². The van der Waals surface area contributed by atoms with Crippen molar-refractivity contribution in [3.05, 3.63) is 11.1 Å². The summed E-state index contributed by atoms with van der Waals surface area (Å²) < 4.78 is 47.1. The van der Waals surface area contributed by atoms with Crippen LogP contribution in [0.5, 0.6) is 0 Å². The smallest absolute Gasteiger partial charge is 0.248 e. The number of hydrogen-bond acceptors (Lipinski definition) is 7. The molecule has 1 rings (SSSR count). The molecule has 0 spiro atoms. The number of nitrogens with zero attached hydrogens (tertiary/aromatic N) is 1. The zero-order valence-corrected chi connectivity index (χ0v) is 12.6. The molecular formula is C8H15N3O4S3. The van der Waals surface area contributed by atoms with Gasteiger partial charge in [0.1, 0.15) is 0 Å². The maximum atomic E-state index is 11.5. The second kappa shape index (κ2) is 5.51. The maximum Gasteiger partial charge on any atom is 0.248 e. The molecular weight excluding hydrogens is 298 g/mol. The fourth-order valence-electron chi connectivity index (χ4n) is 1.12. The molecule has 2 N–H and O–H groups in total. The number of sulfone groups is 1. The molecule has 0 bridgehead atoms. The van der Waals surface area contributed by atoms with Crippen molar-refractivity contribution in [2.75, 3.05) is 23.1 Å². The predicted octanol–water partition coefficient (Wildman–Crippen LogP) is 0.167. The van der Waals surface area contributed by atoms with E-state index >= 15 is 0 Å². The van der Waals surface area contributed by atoms with Crippen molar-refractivity contribution in [3.8, 4) is 0 Å². The molecule has 104 valence electrons. The molecule has 0 amide bonds. The molecule has 0 saturated carbocycles. The van der Waals surface area contributed by atoms with Crippen molar-refractivity contribution in [2.24, 2.45) is 0 Å². The van der Waals surface area contributed by atoms with Crippen molar-refractivity contribution in [3.63, 3.8) is 0 Å². The lowest BCUT2D eigenvalue weighted by atomic mass is 10.3. The fourth-order valence-corrected chi connectivity index (χ4v) is 5.15. The number of nitrogens with one attached hydrogen (secondary N) is 2. The van der Waals surface area contributed by atoms with E-state index in [-0.39, 0.29) is 11.2 Å². The lowest BCUT2D eigenvalue weighted by Crippen LogP contribution is -2.22. The molecule has 1 heterocycles. The van der Waals surface area contributed by atoms with E-state index in [2.05, 4.69) is 15.0 Å². The third kappa shape index (κ3) is 4.88. The minimum Gasteiger partial charge on any atom is -0.312 e. The molecule has 0 radical (unpaired) electrons. The molecule has 0 aromatic carbocycles. The molecule has 0 saturated heterocycles. The van der Waals surface area contributed by atoms with Crippen LogP contribution in [0.3, 0.4) is 0 Å². The third-order valence-electron chi connectivity index (χ3n) is 2.01. The van der Waals surface area contributed by atoms with Crippen LogP contribution in [0.1, 0.15) is 18.7 Å². The fraction of sp³-hybridized carbons (Fsp3) is 0.625. The van der Waals surface area contributed by atoms with E-state index in [9.17, 15) is 16.8 Å². The Hall–Kier alpha value is -0.710. The van der Waals surface area contributed by atoms with Gasteiger partial charge < -0.3 is 5.32 Å². The Morgan fingerprint density at radius 2 is 2.00 bits per heavy atom. The number of thiazole rings is 1. The van der Waals surface area contributed by atoms with Crippen molar-refractivity contribution in [1.82, 2.24) is 10.3 Å². The monoisotopic (exact) mass is 313 g/mol. The van der Waals surface area contributed by atoms with Gasteiger partial charge in [0.05, 0.1) is 5.69 Å². The Morgan fingerprint density at radius 3 is 2.50 bits per heavy atom. The normalized spacial score (nSPS) is 14.4. The first-order valence-corrected chi connectivity index (χ1v) is 9.53. The summed E-state index contributed by atoms with van der Waals surface area (Å²) >= 11 is 1.11. The first-order chi connectivity index (χ1) is 8.13. The van der Waals surface area contributed by atoms with Gasteiger partial charge in [-0.1, -0.05) is 0 Å². The highest BCUT2D eigenvalue weighted by Crippen LogP contribution is 2.21. The maximum absolute atomic E-state index is 11.5. The summed E-state index contributed by atoms with van der Waals surface area (Å²) in [6.45, 7) is 1.88. The topological polar surface area (TPSA) is 105 Å². The van der Waals surface area contributed by atoms with Crippen LogP contribution < -0.4 is 10.0 Å². The predicted molar refractivity (Wildman–Crippen MR) is 71.8 cm³/mol. The highest BCUT2D eigenvalue weighted by molar-refractivity contribution is 8.08. The zero-order valence-electron chi connectivity index (χ0n) is 10.2. The minimum absolute atomic E-state index is 0.00517. The van der Waals surface area contributed by atoms with Gasteiger partial charge in [-0.15, -0.1) is 11.3 Å². The Kier molecular flexibility index (Phi) is 4.70. The minimum atomic E-state index is -3.92. The van der Waals surface area contributed by atoms with Crippen LogP contribution in [-0.2, 0) is 19.9 Å². The summed E-state index contributed by atoms with van der Waals surface area (Å²) in [5, 5.41) is 3.89. The van der Waals surface area contributed by atoms with E-state index in [1.54, 1.807) is 12.4 Å². The van der Waals surface area contributed by atoms with Crippen LogP contribution in [0.15, 0.2) is 5.38 Å². The van der Waals surface area contributed by atoms with Crippen molar-refractivity contribution in [2.45, 2.75) is 13.0 Å². The van der Waals surface area contributed by atoms with E-state index in [0.29, 0.717) is 5.69 Å². The van der Waals surface area contributed by atoms with Crippen LogP contribution in [0.2, 0.25) is 0 Å². The molecule has 1 unspecified atom stereocenters. The van der Waals surface area contributed by atoms with E-state index in [4.69, 9.17) is 0 Å². The Bertz CT molecular complexity index is 605. The van der Waals surface area contributed by atoms with Gasteiger partial charge in [0, 0.05) is 17.7 Å². The highest BCUT2D eigenvalue weighted by atomic mass is 32.3. The second-order valence-corrected chi connectivity index (χ2v) is 8.93. The molecule has 18 heavy (non-hydrogen) atoms. The van der Waals surface area contributed by atoms with E-state index in [1.165, 1.54) is 0 Å². The summed E-state index contributed by atoms with van der Waals surface area (Å²) in [5.41, 5.74) is 0.694. The number of sulfonamides is 1. The Balaban J connectivity index is 2.82. The Labute approximate surface area is 111 Å². The van der Waals surface area contributed by atoms with Crippen molar-refractivity contribution in [1.29, 1.82) is 0 Å². The molecule has 0 aliphatic rings. The number of anilines is 1. The standard InChI is InChI=1S/C8H15N3O4S3/c1-6(9-2)7-4-16-8(10-7)11-18(14,15)5-17(3,12)13/h4,6,9H,5H2,1-3H3,(H,10,11). The molecule has 10 heteroatoms. The second-order valence-electron chi connectivity index (χ2n) is 3.85. The van der Waals surface area contributed by atoms with Crippen molar-refractivity contribution >= 4 is 36.3 Å². The Morgan fingerprint density at radius 1 is 1.39 bits per heavy atom. The van der Waals surface area contributed by atoms with Crippen LogP contribution in [0.4, 0.5) is 5.13 Å². The first-order valence-electron chi connectivity index (χ1n) is 4.94. The molecule has 0 aliphatic carbocycles. The summed E-state index contributed by atoms with van der Waals surface area (Å²) in [7, 11) is -5.76. The SMILES string of the molecule is CNC(C)c1csc(NS(=O)(=O)CS(C)(=O)=O)n1. The van der Waals surface area contributed by atoms with Gasteiger partial charge in [-0.25, -0.2) is 21.8 Å². The van der Waals surface area contributed by atoms with Crippen LogP contribution in [0.25, 0.3) is 0 Å². The number of rotatable bonds is 6. The zero-order chi connectivity index (χ0) is 14.0. The summed E-state index contributed by atoms with van der Waals surface area (Å²) in [4.78, 5) is 4.07. The summed E-state index contributed by atoms with van der Waals surface area (Å²) in [6.07, 6.45) is 0.864.